The van der Waals surface area contributed by atoms with E-state index in [-0.39, 0.29) is 12.2 Å². The van der Waals surface area contributed by atoms with Crippen LogP contribution in [0.25, 0.3) is 11.3 Å². The Morgan fingerprint density at radius 2 is 1.91 bits per heavy atom. The van der Waals surface area contributed by atoms with Crippen LogP contribution in [-0.2, 0) is 19.4 Å². The highest BCUT2D eigenvalue weighted by molar-refractivity contribution is 5.87. The van der Waals surface area contributed by atoms with Crippen molar-refractivity contribution in [2.45, 2.75) is 32.2 Å². The van der Waals surface area contributed by atoms with E-state index in [9.17, 15) is 9.59 Å². The summed E-state index contributed by atoms with van der Waals surface area (Å²) in [5, 5.41) is 18.2. The van der Waals surface area contributed by atoms with Crippen LogP contribution < -0.4 is 5.56 Å². The fraction of sp³-hybridized carbons (Fsp3) is 0.333. The van der Waals surface area contributed by atoms with Gasteiger partial charge in [-0.05, 0) is 60.6 Å². The second-order valence-corrected chi connectivity index (χ2v) is 5.81. The third-order valence-electron chi connectivity index (χ3n) is 4.34. The number of aromatic nitrogens is 1. The van der Waals surface area contributed by atoms with E-state index < -0.39 is 11.5 Å². The molecule has 2 aromatic rings. The number of pyridine rings is 1. The Labute approximate surface area is 133 Å². The molecule has 3 rings (SSSR count). The van der Waals surface area contributed by atoms with Gasteiger partial charge in [0.15, 0.2) is 0 Å². The zero-order valence-corrected chi connectivity index (χ0v) is 12.8. The lowest BCUT2D eigenvalue weighted by Crippen LogP contribution is -2.27. The summed E-state index contributed by atoms with van der Waals surface area (Å²) in [5.41, 5.74) is 3.49. The molecular weight excluding hydrogens is 294 g/mol. The highest BCUT2D eigenvalue weighted by Crippen LogP contribution is 2.27. The topological polar surface area (TPSA) is 79.5 Å². The predicted molar refractivity (Wildman–Crippen MR) is 86.8 cm³/mol. The van der Waals surface area contributed by atoms with Crippen molar-refractivity contribution in [3.8, 4) is 11.3 Å². The number of hydrogen-bond acceptors (Lipinski definition) is 3. The molecule has 0 amide bonds. The van der Waals surface area contributed by atoms with Crippen LogP contribution in [0.2, 0.25) is 0 Å². The van der Waals surface area contributed by atoms with Crippen molar-refractivity contribution < 1.29 is 15.0 Å². The van der Waals surface area contributed by atoms with E-state index in [2.05, 4.69) is 12.1 Å². The lowest BCUT2D eigenvalue weighted by atomic mass is 10.0. The first-order valence-corrected chi connectivity index (χ1v) is 7.82. The number of nitrogens with zero attached hydrogens (tertiary/aromatic N) is 1. The summed E-state index contributed by atoms with van der Waals surface area (Å²) in [6.07, 6.45) is 3.68. The van der Waals surface area contributed by atoms with Gasteiger partial charge in [0.1, 0.15) is 5.56 Å². The Hall–Kier alpha value is -2.40. The van der Waals surface area contributed by atoms with Crippen molar-refractivity contribution in [2.24, 2.45) is 0 Å². The summed E-state index contributed by atoms with van der Waals surface area (Å²) in [6, 6.07) is 9.20. The van der Waals surface area contributed by atoms with Crippen molar-refractivity contribution in [3.05, 3.63) is 57.4 Å². The lowest BCUT2D eigenvalue weighted by Gasteiger charge is -2.14. The maximum atomic E-state index is 12.4. The Bertz CT molecular complexity index is 807. The monoisotopic (exact) mass is 313 g/mol. The molecule has 120 valence electrons. The molecule has 1 heterocycles. The Kier molecular flexibility index (Phi) is 4.30. The summed E-state index contributed by atoms with van der Waals surface area (Å²) < 4.78 is 1.45. The van der Waals surface area contributed by atoms with Crippen molar-refractivity contribution >= 4 is 5.97 Å². The first kappa shape index (κ1) is 15.5. The van der Waals surface area contributed by atoms with Gasteiger partial charge in [-0.2, -0.15) is 0 Å². The summed E-state index contributed by atoms with van der Waals surface area (Å²) >= 11 is 0. The fourth-order valence-electron chi connectivity index (χ4n) is 3.18. The summed E-state index contributed by atoms with van der Waals surface area (Å²) in [5.74, 6) is -1.23. The molecule has 0 saturated heterocycles. The van der Waals surface area contributed by atoms with Gasteiger partial charge in [0.05, 0.1) is 5.69 Å². The number of carbonyl (C=O) groups is 1. The molecule has 0 spiro atoms. The lowest BCUT2D eigenvalue weighted by molar-refractivity contribution is 0.0694. The van der Waals surface area contributed by atoms with E-state index in [1.54, 1.807) is 6.07 Å². The van der Waals surface area contributed by atoms with Gasteiger partial charge < -0.3 is 14.8 Å². The van der Waals surface area contributed by atoms with Crippen molar-refractivity contribution in [1.82, 2.24) is 4.57 Å². The number of carboxylic acid groups (broad SMARTS) is 1. The van der Waals surface area contributed by atoms with Crippen LogP contribution in [0.1, 0.15) is 34.3 Å². The van der Waals surface area contributed by atoms with Gasteiger partial charge in [-0.1, -0.05) is 12.1 Å². The van der Waals surface area contributed by atoms with Gasteiger partial charge >= 0.3 is 5.97 Å². The molecule has 0 atom stereocenters. The molecule has 1 aromatic heterocycles. The highest BCUT2D eigenvalue weighted by Gasteiger charge is 2.17. The molecule has 0 fully saturated rings. The molecule has 0 bridgehead atoms. The van der Waals surface area contributed by atoms with Crippen LogP contribution in [0.15, 0.2) is 35.1 Å². The van der Waals surface area contributed by atoms with Crippen LogP contribution in [0.3, 0.4) is 0 Å². The first-order valence-electron chi connectivity index (χ1n) is 7.82. The normalized spacial score (nSPS) is 13.1. The number of aliphatic hydroxyl groups is 1. The minimum Gasteiger partial charge on any atom is -0.477 e. The molecule has 1 aliphatic rings. The van der Waals surface area contributed by atoms with Gasteiger partial charge in [-0.25, -0.2) is 4.79 Å². The average molecular weight is 313 g/mol. The largest absolute Gasteiger partial charge is 0.477 e. The number of fused-ring (bicyclic) bond motifs is 1. The maximum Gasteiger partial charge on any atom is 0.341 e. The molecule has 0 aliphatic heterocycles. The van der Waals surface area contributed by atoms with Crippen LogP contribution in [0.4, 0.5) is 0 Å². The van der Waals surface area contributed by atoms with Gasteiger partial charge in [0, 0.05) is 13.2 Å². The summed E-state index contributed by atoms with van der Waals surface area (Å²) in [4.78, 5) is 23.6. The van der Waals surface area contributed by atoms with E-state index in [4.69, 9.17) is 10.2 Å². The average Bonchev–Trinajstić information content (AvgIpc) is 3.00. The number of carboxylic acids is 1. The Balaban J connectivity index is 2.12. The van der Waals surface area contributed by atoms with Crippen LogP contribution in [0, 0.1) is 0 Å². The zero-order chi connectivity index (χ0) is 16.4. The minimum absolute atomic E-state index is 0.0482. The third-order valence-corrected chi connectivity index (χ3v) is 4.34. The molecule has 0 radical (unpaired) electrons. The number of rotatable bonds is 5. The third kappa shape index (κ3) is 2.92. The molecule has 5 heteroatoms. The van der Waals surface area contributed by atoms with Crippen LogP contribution in [0.5, 0.6) is 0 Å². The molecule has 23 heavy (non-hydrogen) atoms. The van der Waals surface area contributed by atoms with E-state index in [1.807, 2.05) is 6.07 Å². The van der Waals surface area contributed by atoms with Gasteiger partial charge in [0.25, 0.3) is 5.56 Å². The number of aryl methyl sites for hydroxylation is 2. The van der Waals surface area contributed by atoms with Crippen LogP contribution in [-0.4, -0.2) is 27.4 Å². The first-order chi connectivity index (χ1) is 11.1. The zero-order valence-electron chi connectivity index (χ0n) is 12.8. The smallest absolute Gasteiger partial charge is 0.341 e. The van der Waals surface area contributed by atoms with E-state index in [0.717, 1.165) is 24.8 Å². The van der Waals surface area contributed by atoms with Crippen molar-refractivity contribution in [2.75, 3.05) is 6.61 Å². The number of hydrogen-bond donors (Lipinski definition) is 2. The molecule has 5 nitrogen and oxygen atoms in total. The Morgan fingerprint density at radius 1 is 1.13 bits per heavy atom. The van der Waals surface area contributed by atoms with E-state index >= 15 is 0 Å². The predicted octanol–water partition coefficient (Wildman–Crippen LogP) is 2.08. The van der Waals surface area contributed by atoms with Gasteiger partial charge in [0.2, 0.25) is 0 Å². The van der Waals surface area contributed by atoms with Gasteiger partial charge in [-0.15, -0.1) is 0 Å². The number of benzene rings is 1. The molecule has 1 aliphatic carbocycles. The molecule has 1 aromatic carbocycles. The van der Waals surface area contributed by atoms with Crippen molar-refractivity contribution in [3.63, 3.8) is 0 Å². The SMILES string of the molecule is O=C(O)c1ccc(-c2ccc3c(c2)CCC3)n(CCCO)c1=O. The quantitative estimate of drug-likeness (QED) is 0.886. The molecule has 0 unspecified atom stereocenters. The van der Waals surface area contributed by atoms with Crippen LogP contribution >= 0.6 is 0 Å². The number of aromatic carboxylic acids is 1. The summed E-state index contributed by atoms with van der Waals surface area (Å²) in [7, 11) is 0. The van der Waals surface area contributed by atoms with Crippen molar-refractivity contribution in [1.29, 1.82) is 0 Å². The summed E-state index contributed by atoms with van der Waals surface area (Å²) in [6.45, 7) is 0.246. The molecule has 0 saturated carbocycles. The number of aliphatic hydroxyl groups excluding tert-OH is 1. The maximum absolute atomic E-state index is 12.4. The van der Waals surface area contributed by atoms with Gasteiger partial charge in [-0.3, -0.25) is 4.79 Å². The van der Waals surface area contributed by atoms with E-state index in [1.165, 1.54) is 21.8 Å². The Morgan fingerprint density at radius 3 is 2.65 bits per heavy atom. The standard InChI is InChI=1S/C18H19NO4/c20-10-2-9-19-16(8-7-15(17(19)21)18(22)23)14-6-5-12-3-1-4-13(12)11-14/h5-8,11,20H,1-4,9-10H2,(H,22,23). The molecule has 2 N–H and O–H groups in total. The molecular formula is C18H19NO4. The van der Waals surface area contributed by atoms with E-state index in [0.29, 0.717) is 18.7 Å². The fourth-order valence-corrected chi connectivity index (χ4v) is 3.18. The minimum atomic E-state index is -1.23. The highest BCUT2D eigenvalue weighted by atomic mass is 16.4. The second-order valence-electron chi connectivity index (χ2n) is 5.81. The second kappa shape index (κ2) is 6.38.